The summed E-state index contributed by atoms with van der Waals surface area (Å²) in [4.78, 5) is 49.3. The van der Waals surface area contributed by atoms with Crippen molar-refractivity contribution >= 4 is 11.9 Å². The molecule has 5 saturated carbocycles. The third kappa shape index (κ3) is 5.69. The molecule has 1 amide bonds. The van der Waals surface area contributed by atoms with Crippen LogP contribution < -0.4 is 5.32 Å². The zero-order valence-corrected chi connectivity index (χ0v) is 27.4. The summed E-state index contributed by atoms with van der Waals surface area (Å²) in [5.41, 5.74) is 0.0679. The van der Waals surface area contributed by atoms with Crippen LogP contribution in [-0.4, -0.2) is 36.1 Å². The minimum absolute atomic E-state index is 0.0587. The van der Waals surface area contributed by atoms with E-state index in [2.05, 4.69) is 33.0 Å². The molecule has 0 bridgehead atoms. The van der Waals surface area contributed by atoms with Gasteiger partial charge < -0.3 is 10.1 Å². The van der Waals surface area contributed by atoms with Gasteiger partial charge in [-0.3, -0.25) is 9.59 Å². The van der Waals surface area contributed by atoms with E-state index < -0.39 is 11.6 Å². The fourth-order valence-corrected chi connectivity index (χ4v) is 11.1. The van der Waals surface area contributed by atoms with Gasteiger partial charge in [0.25, 0.3) is 0 Å². The number of amides is 1. The van der Waals surface area contributed by atoms with Gasteiger partial charge in [0.05, 0.1) is 0 Å². The largest absolute Gasteiger partial charge is 0.462 e. The first kappa shape index (κ1) is 31.7. The van der Waals surface area contributed by atoms with Gasteiger partial charge in [0.1, 0.15) is 6.10 Å². The minimum Gasteiger partial charge on any atom is -0.462 e. The average Bonchev–Trinajstić information content (AvgIpc) is 3.36. The Morgan fingerprint density at radius 1 is 0.907 bits per heavy atom. The molecular formula is C35H57NO7. The van der Waals surface area contributed by atoms with Crippen molar-refractivity contribution < 1.29 is 33.9 Å². The highest BCUT2D eigenvalue weighted by atomic mass is 17.4. The van der Waals surface area contributed by atoms with Crippen molar-refractivity contribution in [3.05, 3.63) is 0 Å². The second-order valence-electron chi connectivity index (χ2n) is 15.8. The van der Waals surface area contributed by atoms with Gasteiger partial charge in [0, 0.05) is 51.0 Å². The zero-order valence-electron chi connectivity index (χ0n) is 27.4. The molecule has 9 atom stereocenters. The topological polar surface area (TPSA) is 92.3 Å². The van der Waals surface area contributed by atoms with Crippen LogP contribution >= 0.6 is 0 Å². The highest BCUT2D eigenvalue weighted by Crippen LogP contribution is 2.70. The number of carbonyl (C=O) groups is 2. The number of carbonyl (C=O) groups excluding carboxylic acids is 2. The summed E-state index contributed by atoms with van der Waals surface area (Å²) in [6, 6.07) is 0. The van der Waals surface area contributed by atoms with Crippen LogP contribution in [-0.2, 0) is 33.9 Å². The van der Waals surface area contributed by atoms with Gasteiger partial charge in [-0.05, 0) is 105 Å². The highest BCUT2D eigenvalue weighted by Gasteiger charge is 2.66. The van der Waals surface area contributed by atoms with Crippen LogP contribution in [0, 0.1) is 46.3 Å². The maximum atomic E-state index is 12.6. The maximum Gasteiger partial charge on any atom is 0.302 e. The predicted molar refractivity (Wildman–Crippen MR) is 161 cm³/mol. The van der Waals surface area contributed by atoms with Crippen LogP contribution in [0.15, 0.2) is 0 Å². The number of fused-ring (bicyclic) bond motifs is 5. The molecule has 0 unspecified atom stereocenters. The van der Waals surface area contributed by atoms with E-state index in [1.807, 2.05) is 0 Å². The van der Waals surface area contributed by atoms with E-state index in [4.69, 9.17) is 24.3 Å². The minimum atomic E-state index is -0.824. The second kappa shape index (κ2) is 12.2. The third-order valence-corrected chi connectivity index (χ3v) is 13.5. The molecule has 8 heteroatoms. The molecule has 1 N–H and O–H groups in total. The first-order valence-electron chi connectivity index (χ1n) is 17.7. The standard InChI is InChI=1S/C35H57NO7/c1-6-20-36-31(38)15-10-23(2)27-13-14-28-26-12-11-25-22-35(42-40-34(41-43-35)16-8-7-9-17-34)19-18-32(25,4)29(26)21-30(33(27,28)5)39-24(3)37/h23,25-30H,6-22H2,1-5H3,(H,36,38)/t23-,25-,26+,27-,28+,29+,30+,32+,33-/m1/s1. The molecule has 6 rings (SSSR count). The highest BCUT2D eigenvalue weighted by molar-refractivity contribution is 5.75. The first-order valence-corrected chi connectivity index (χ1v) is 17.7. The van der Waals surface area contributed by atoms with E-state index in [1.54, 1.807) is 6.92 Å². The quantitative estimate of drug-likeness (QED) is 0.239. The van der Waals surface area contributed by atoms with Gasteiger partial charge in [-0.15, -0.1) is 0 Å². The Labute approximate surface area is 258 Å². The molecule has 244 valence electrons. The van der Waals surface area contributed by atoms with Crippen LogP contribution in [0.3, 0.4) is 0 Å². The average molecular weight is 604 g/mol. The van der Waals surface area contributed by atoms with E-state index in [0.717, 1.165) is 83.6 Å². The Bertz CT molecular complexity index is 1020. The lowest BCUT2D eigenvalue weighted by Crippen LogP contribution is -2.62. The molecule has 6 aliphatic rings. The van der Waals surface area contributed by atoms with Crippen LogP contribution in [0.1, 0.15) is 137 Å². The van der Waals surface area contributed by atoms with Crippen molar-refractivity contribution in [3.63, 3.8) is 0 Å². The molecular weight excluding hydrogens is 546 g/mol. The number of ether oxygens (including phenoxy) is 1. The summed E-state index contributed by atoms with van der Waals surface area (Å²) < 4.78 is 6.31. The summed E-state index contributed by atoms with van der Waals surface area (Å²) in [6.07, 6.45) is 15.4. The lowest BCUT2D eigenvalue weighted by Gasteiger charge is -2.63. The number of hydrogen-bond acceptors (Lipinski definition) is 7. The SMILES string of the molecule is CCCNC(=O)CC[C@@H](C)[C@H]1CC[C@H]2[C@@H]3CC[C@@H]4CC5(CC[C@]4(C)[C@H]3C[C@H](OC(C)=O)[C@]12C)OOC1(CCCCC1)OO5. The molecule has 43 heavy (non-hydrogen) atoms. The van der Waals surface area contributed by atoms with Crippen molar-refractivity contribution in [3.8, 4) is 0 Å². The van der Waals surface area contributed by atoms with Crippen molar-refractivity contribution in [1.82, 2.24) is 5.32 Å². The Kier molecular flexibility index (Phi) is 9.00. The lowest BCUT2D eigenvalue weighted by molar-refractivity contribution is -0.665. The van der Waals surface area contributed by atoms with Crippen molar-refractivity contribution in [2.24, 2.45) is 46.3 Å². The molecule has 8 nitrogen and oxygen atoms in total. The number of rotatable bonds is 7. The molecule has 1 heterocycles. The van der Waals surface area contributed by atoms with Gasteiger partial charge in [-0.1, -0.05) is 34.1 Å². The monoisotopic (exact) mass is 603 g/mol. The van der Waals surface area contributed by atoms with Crippen LogP contribution in [0.25, 0.3) is 0 Å². The smallest absolute Gasteiger partial charge is 0.302 e. The molecule has 0 radical (unpaired) electrons. The van der Waals surface area contributed by atoms with Gasteiger partial charge in [0.15, 0.2) is 0 Å². The third-order valence-electron chi connectivity index (χ3n) is 13.5. The Balaban J connectivity index is 1.17. The normalized spacial score (nSPS) is 42.0. The molecule has 1 aliphatic heterocycles. The molecule has 0 aromatic heterocycles. The first-order chi connectivity index (χ1) is 20.5. The van der Waals surface area contributed by atoms with E-state index in [9.17, 15) is 9.59 Å². The van der Waals surface area contributed by atoms with E-state index in [-0.39, 0.29) is 28.8 Å². The predicted octanol–water partition coefficient (Wildman–Crippen LogP) is 7.40. The van der Waals surface area contributed by atoms with Gasteiger partial charge in [-0.25, -0.2) is 0 Å². The molecule has 5 aliphatic carbocycles. The lowest BCUT2D eigenvalue weighted by atomic mass is 9.43. The van der Waals surface area contributed by atoms with Gasteiger partial charge in [-0.2, -0.15) is 19.6 Å². The number of hydrogen-bond donors (Lipinski definition) is 1. The van der Waals surface area contributed by atoms with Gasteiger partial charge >= 0.3 is 5.97 Å². The summed E-state index contributed by atoms with van der Waals surface area (Å²) in [5.74, 6) is 1.39. The molecule has 1 saturated heterocycles. The molecule has 0 aromatic rings. The Morgan fingerprint density at radius 3 is 2.33 bits per heavy atom. The fraction of sp³-hybridized carbons (Fsp3) is 0.943. The van der Waals surface area contributed by atoms with E-state index >= 15 is 0 Å². The Morgan fingerprint density at radius 2 is 1.63 bits per heavy atom. The molecule has 6 fully saturated rings. The van der Waals surface area contributed by atoms with E-state index in [1.165, 1.54) is 19.3 Å². The summed E-state index contributed by atoms with van der Waals surface area (Å²) in [6.45, 7) is 11.6. The van der Waals surface area contributed by atoms with E-state index in [0.29, 0.717) is 41.9 Å². The molecule has 0 aromatic carbocycles. The summed E-state index contributed by atoms with van der Waals surface area (Å²) in [5, 5.41) is 3.04. The van der Waals surface area contributed by atoms with Crippen molar-refractivity contribution in [2.75, 3.05) is 6.54 Å². The van der Waals surface area contributed by atoms with Gasteiger partial charge in [0.2, 0.25) is 17.5 Å². The van der Waals surface area contributed by atoms with Crippen molar-refractivity contribution in [1.29, 1.82) is 0 Å². The summed E-state index contributed by atoms with van der Waals surface area (Å²) in [7, 11) is 0. The van der Waals surface area contributed by atoms with Crippen LogP contribution in [0.4, 0.5) is 0 Å². The molecule has 2 spiro atoms. The maximum absolute atomic E-state index is 12.6. The second-order valence-corrected chi connectivity index (χ2v) is 15.8. The number of esters is 1. The van der Waals surface area contributed by atoms with Crippen LogP contribution in [0.5, 0.6) is 0 Å². The summed E-state index contributed by atoms with van der Waals surface area (Å²) >= 11 is 0. The zero-order chi connectivity index (χ0) is 30.5. The fourth-order valence-electron chi connectivity index (χ4n) is 11.1. The van der Waals surface area contributed by atoms with Crippen LogP contribution in [0.2, 0.25) is 0 Å². The van der Waals surface area contributed by atoms with Crippen molar-refractivity contribution in [2.45, 2.75) is 155 Å². The number of nitrogens with one attached hydrogen (secondary N) is 1. The Hall–Kier alpha value is -1.22.